The van der Waals surface area contributed by atoms with Crippen LogP contribution in [0.25, 0.3) is 22.3 Å². The molecule has 3 aromatic rings. The van der Waals surface area contributed by atoms with Crippen LogP contribution < -0.4 is 4.90 Å². The van der Waals surface area contributed by atoms with Crippen LogP contribution in [-0.4, -0.2) is 14.1 Å². The van der Waals surface area contributed by atoms with Crippen LogP contribution >= 0.6 is 0 Å². The van der Waals surface area contributed by atoms with Gasteiger partial charge in [0.1, 0.15) is 0 Å². The molecule has 1 heteroatoms. The van der Waals surface area contributed by atoms with Crippen LogP contribution in [0.4, 0.5) is 5.69 Å². The van der Waals surface area contributed by atoms with Gasteiger partial charge in [0, 0.05) is 19.8 Å². The maximum Gasteiger partial charge on any atom is 0.0367 e. The molecule has 3 aromatic carbocycles. The number of hydrogen-bond acceptors (Lipinski definition) is 1. The Bertz CT molecular complexity index is 715. The Morgan fingerprint density at radius 2 is 1.10 bits per heavy atom. The number of hydrogen-bond donors (Lipinski definition) is 0. The van der Waals surface area contributed by atoms with E-state index in [-0.39, 0.29) is 0 Å². The van der Waals surface area contributed by atoms with E-state index in [9.17, 15) is 0 Å². The molecule has 0 amide bonds. The van der Waals surface area contributed by atoms with Crippen LogP contribution in [-0.2, 0) is 0 Å². The Morgan fingerprint density at radius 3 is 1.62 bits per heavy atom. The van der Waals surface area contributed by atoms with E-state index in [1.807, 2.05) is 0 Å². The van der Waals surface area contributed by atoms with Crippen LogP contribution in [0.15, 0.2) is 78.9 Å². The molecule has 21 heavy (non-hydrogen) atoms. The molecule has 0 atom stereocenters. The predicted octanol–water partition coefficient (Wildman–Crippen LogP) is 5.09. The van der Waals surface area contributed by atoms with Gasteiger partial charge in [-0.25, -0.2) is 0 Å². The van der Waals surface area contributed by atoms with Gasteiger partial charge in [-0.05, 0) is 34.4 Å². The highest BCUT2D eigenvalue weighted by Crippen LogP contribution is 2.34. The van der Waals surface area contributed by atoms with E-state index < -0.39 is 0 Å². The van der Waals surface area contributed by atoms with E-state index in [2.05, 4.69) is 97.9 Å². The summed E-state index contributed by atoms with van der Waals surface area (Å²) in [5.41, 5.74) is 6.26. The molecule has 1 nitrogen and oxygen atoms in total. The zero-order valence-electron chi connectivity index (χ0n) is 12.5. The smallest absolute Gasteiger partial charge is 0.0367 e. The van der Waals surface area contributed by atoms with E-state index in [1.54, 1.807) is 0 Å². The van der Waals surface area contributed by atoms with Crippen molar-refractivity contribution < 1.29 is 0 Å². The van der Waals surface area contributed by atoms with Gasteiger partial charge in [0.05, 0.1) is 0 Å². The summed E-state index contributed by atoms with van der Waals surface area (Å²) in [6.07, 6.45) is 0. The summed E-state index contributed by atoms with van der Waals surface area (Å²) < 4.78 is 0. The largest absolute Gasteiger partial charge is 0.378 e. The first-order chi connectivity index (χ1) is 10.3. The zero-order chi connectivity index (χ0) is 14.7. The second-order valence-electron chi connectivity index (χ2n) is 5.36. The minimum absolute atomic E-state index is 1.22. The van der Waals surface area contributed by atoms with E-state index in [0.29, 0.717) is 0 Å². The van der Waals surface area contributed by atoms with Crippen LogP contribution in [0.2, 0.25) is 0 Å². The molecule has 0 unspecified atom stereocenters. The molecular weight excluding hydrogens is 254 g/mol. The third-order valence-corrected chi connectivity index (χ3v) is 3.69. The molecule has 104 valence electrons. The van der Waals surface area contributed by atoms with Crippen molar-refractivity contribution in [3.8, 4) is 22.3 Å². The van der Waals surface area contributed by atoms with Crippen LogP contribution in [0, 0.1) is 0 Å². The molecule has 0 aliphatic rings. The lowest BCUT2D eigenvalue weighted by molar-refractivity contribution is 1.13. The number of nitrogens with zero attached hydrogens (tertiary/aromatic N) is 1. The van der Waals surface area contributed by atoms with Gasteiger partial charge < -0.3 is 4.90 Å². The van der Waals surface area contributed by atoms with Crippen molar-refractivity contribution >= 4 is 5.69 Å². The highest BCUT2D eigenvalue weighted by Gasteiger charge is 2.09. The Hall–Kier alpha value is -2.54. The van der Waals surface area contributed by atoms with E-state index in [0.717, 1.165) is 0 Å². The normalized spacial score (nSPS) is 10.4. The first-order valence-corrected chi connectivity index (χ1v) is 7.18. The van der Waals surface area contributed by atoms with Crippen molar-refractivity contribution in [1.29, 1.82) is 0 Å². The average Bonchev–Trinajstić information content (AvgIpc) is 2.56. The molecule has 0 radical (unpaired) electrons. The summed E-state index contributed by atoms with van der Waals surface area (Å²) in [7, 11) is 4.15. The van der Waals surface area contributed by atoms with Gasteiger partial charge in [-0.15, -0.1) is 0 Å². The first-order valence-electron chi connectivity index (χ1n) is 7.18. The van der Waals surface area contributed by atoms with Crippen molar-refractivity contribution in [2.24, 2.45) is 0 Å². The standard InChI is InChI=1S/C20H19N/c1-21(2)18-13-14-19(16-9-5-3-6-10-16)20(15-18)17-11-7-4-8-12-17/h3-15H,1-2H3. The molecule has 0 aliphatic carbocycles. The van der Waals surface area contributed by atoms with Crippen molar-refractivity contribution in [3.63, 3.8) is 0 Å². The highest BCUT2D eigenvalue weighted by molar-refractivity contribution is 5.85. The fourth-order valence-electron chi connectivity index (χ4n) is 2.54. The fourth-order valence-corrected chi connectivity index (χ4v) is 2.54. The SMILES string of the molecule is CN(C)c1ccc(-c2ccccc2)c(-c2ccccc2)c1. The minimum atomic E-state index is 1.22. The zero-order valence-corrected chi connectivity index (χ0v) is 12.5. The fraction of sp³-hybridized carbons (Fsp3) is 0.100. The molecule has 0 aromatic heterocycles. The molecule has 0 spiro atoms. The van der Waals surface area contributed by atoms with E-state index in [4.69, 9.17) is 0 Å². The summed E-state index contributed by atoms with van der Waals surface area (Å²) in [6.45, 7) is 0. The molecule has 0 bridgehead atoms. The van der Waals surface area contributed by atoms with Crippen LogP contribution in [0.3, 0.4) is 0 Å². The lowest BCUT2D eigenvalue weighted by Gasteiger charge is -2.17. The molecule has 0 heterocycles. The molecule has 0 fully saturated rings. The lowest BCUT2D eigenvalue weighted by atomic mass is 9.94. The summed E-state index contributed by atoms with van der Waals surface area (Å²) in [5.74, 6) is 0. The van der Waals surface area contributed by atoms with Crippen molar-refractivity contribution in [1.82, 2.24) is 0 Å². The third-order valence-electron chi connectivity index (χ3n) is 3.69. The summed E-state index contributed by atoms with van der Waals surface area (Å²) in [6, 6.07) is 27.8. The maximum atomic E-state index is 2.26. The molecule has 0 aliphatic heterocycles. The number of benzene rings is 3. The average molecular weight is 273 g/mol. The third kappa shape index (κ3) is 2.82. The Morgan fingerprint density at radius 1 is 0.571 bits per heavy atom. The van der Waals surface area contributed by atoms with Gasteiger partial charge in [-0.2, -0.15) is 0 Å². The van der Waals surface area contributed by atoms with Gasteiger partial charge in [0.2, 0.25) is 0 Å². The summed E-state index contributed by atoms with van der Waals surface area (Å²) in [4.78, 5) is 2.14. The van der Waals surface area contributed by atoms with Crippen LogP contribution in [0.1, 0.15) is 0 Å². The molecule has 3 rings (SSSR count). The maximum absolute atomic E-state index is 2.26. The first kappa shape index (κ1) is 13.4. The Labute approximate surface area is 126 Å². The quantitative estimate of drug-likeness (QED) is 0.642. The van der Waals surface area contributed by atoms with E-state index >= 15 is 0 Å². The molecular formula is C20H19N. The molecule has 0 N–H and O–H groups in total. The van der Waals surface area contributed by atoms with Gasteiger partial charge in [0.15, 0.2) is 0 Å². The Balaban J connectivity index is 2.21. The monoisotopic (exact) mass is 273 g/mol. The molecule has 0 saturated carbocycles. The second-order valence-corrected chi connectivity index (χ2v) is 5.36. The second kappa shape index (κ2) is 5.84. The van der Waals surface area contributed by atoms with Crippen molar-refractivity contribution in [3.05, 3.63) is 78.9 Å². The lowest BCUT2D eigenvalue weighted by Crippen LogP contribution is -2.08. The van der Waals surface area contributed by atoms with Crippen LogP contribution in [0.5, 0.6) is 0 Å². The molecule has 0 saturated heterocycles. The van der Waals surface area contributed by atoms with Gasteiger partial charge >= 0.3 is 0 Å². The summed E-state index contributed by atoms with van der Waals surface area (Å²) in [5, 5.41) is 0. The predicted molar refractivity (Wildman–Crippen MR) is 91.6 cm³/mol. The minimum Gasteiger partial charge on any atom is -0.378 e. The highest BCUT2D eigenvalue weighted by atomic mass is 15.1. The number of rotatable bonds is 3. The Kier molecular flexibility index (Phi) is 3.74. The van der Waals surface area contributed by atoms with Crippen molar-refractivity contribution in [2.45, 2.75) is 0 Å². The van der Waals surface area contributed by atoms with E-state index in [1.165, 1.54) is 27.9 Å². The van der Waals surface area contributed by atoms with Gasteiger partial charge in [-0.3, -0.25) is 0 Å². The van der Waals surface area contributed by atoms with Gasteiger partial charge in [-0.1, -0.05) is 66.7 Å². The number of anilines is 1. The van der Waals surface area contributed by atoms with Gasteiger partial charge in [0.25, 0.3) is 0 Å². The topological polar surface area (TPSA) is 3.24 Å². The summed E-state index contributed by atoms with van der Waals surface area (Å²) >= 11 is 0. The van der Waals surface area contributed by atoms with Crippen molar-refractivity contribution in [2.75, 3.05) is 19.0 Å².